The minimum absolute atomic E-state index is 0.153. The van der Waals surface area contributed by atoms with E-state index in [0.717, 1.165) is 0 Å². The standard InChI is InChI=1S/C20H20Cl2O6/c21-13-7-3-1-5-11(13)19-25-10-16-18(28-19)17(24)15(9-23)26-20(27-16)12-6-2-4-8-14(12)22/h1-8,15-20,23-24H,9-10H2/t15-,16+,17-,18-,19?,20?/m0/s1. The summed E-state index contributed by atoms with van der Waals surface area (Å²) >= 11 is 12.5. The van der Waals surface area contributed by atoms with Gasteiger partial charge in [0, 0.05) is 21.2 Å². The Balaban J connectivity index is 1.60. The van der Waals surface area contributed by atoms with Crippen LogP contribution < -0.4 is 0 Å². The molecule has 6 atom stereocenters. The van der Waals surface area contributed by atoms with Crippen molar-refractivity contribution in [1.82, 2.24) is 0 Å². The van der Waals surface area contributed by atoms with Crippen LogP contribution in [0.2, 0.25) is 10.0 Å². The van der Waals surface area contributed by atoms with Crippen molar-refractivity contribution in [3.63, 3.8) is 0 Å². The van der Waals surface area contributed by atoms with Crippen LogP contribution in [0, 0.1) is 0 Å². The Morgan fingerprint density at radius 1 is 0.857 bits per heavy atom. The summed E-state index contributed by atoms with van der Waals surface area (Å²) in [5, 5.41) is 21.5. The third-order valence-corrected chi connectivity index (χ3v) is 5.56. The Hall–Kier alpha value is -1.22. The smallest absolute Gasteiger partial charge is 0.186 e. The largest absolute Gasteiger partial charge is 0.394 e. The van der Waals surface area contributed by atoms with E-state index in [2.05, 4.69) is 0 Å². The first-order valence-electron chi connectivity index (χ1n) is 8.94. The minimum Gasteiger partial charge on any atom is -0.394 e. The average Bonchev–Trinajstić information content (AvgIpc) is 2.85. The quantitative estimate of drug-likeness (QED) is 0.784. The summed E-state index contributed by atoms with van der Waals surface area (Å²) in [5.41, 5.74) is 1.26. The van der Waals surface area contributed by atoms with Crippen molar-refractivity contribution >= 4 is 23.2 Å². The van der Waals surface area contributed by atoms with Gasteiger partial charge in [0.15, 0.2) is 12.6 Å². The molecular formula is C20H20Cl2O6. The molecule has 150 valence electrons. The molecule has 2 fully saturated rings. The lowest BCUT2D eigenvalue weighted by Gasteiger charge is -2.38. The summed E-state index contributed by atoms with van der Waals surface area (Å²) < 4.78 is 23.7. The van der Waals surface area contributed by atoms with E-state index in [4.69, 9.17) is 42.1 Å². The number of hydrogen-bond donors (Lipinski definition) is 2. The molecule has 0 saturated carbocycles. The molecule has 0 aliphatic carbocycles. The number of aliphatic hydroxyl groups excluding tert-OH is 2. The number of aliphatic hydroxyl groups is 2. The molecule has 0 bridgehead atoms. The van der Waals surface area contributed by atoms with Gasteiger partial charge in [-0.3, -0.25) is 0 Å². The molecule has 2 saturated heterocycles. The van der Waals surface area contributed by atoms with E-state index in [1.807, 2.05) is 18.2 Å². The van der Waals surface area contributed by atoms with Crippen molar-refractivity contribution in [1.29, 1.82) is 0 Å². The minimum atomic E-state index is -1.13. The van der Waals surface area contributed by atoms with Gasteiger partial charge in [0.1, 0.15) is 24.4 Å². The topological polar surface area (TPSA) is 77.4 Å². The van der Waals surface area contributed by atoms with Gasteiger partial charge in [-0.2, -0.15) is 0 Å². The maximum Gasteiger partial charge on any atom is 0.186 e. The van der Waals surface area contributed by atoms with Crippen LogP contribution in [0.1, 0.15) is 23.7 Å². The van der Waals surface area contributed by atoms with E-state index >= 15 is 0 Å². The lowest BCUT2D eigenvalue weighted by molar-refractivity contribution is -0.289. The number of fused-ring (bicyclic) bond motifs is 1. The maximum absolute atomic E-state index is 10.8. The SMILES string of the molecule is OC[C@@H]1OC(c2ccccc2Cl)O[C@@H]2COC(c3ccccc3Cl)O[C@@H]2[C@H]1O. The van der Waals surface area contributed by atoms with Gasteiger partial charge in [-0.15, -0.1) is 0 Å². The van der Waals surface area contributed by atoms with Gasteiger partial charge >= 0.3 is 0 Å². The Kier molecular flexibility index (Phi) is 6.20. The Bertz CT molecular complexity index is 819. The second kappa shape index (κ2) is 8.65. The predicted molar refractivity (Wildman–Crippen MR) is 102 cm³/mol. The van der Waals surface area contributed by atoms with Crippen LogP contribution in [-0.4, -0.2) is 47.8 Å². The van der Waals surface area contributed by atoms with Crippen molar-refractivity contribution in [2.45, 2.75) is 37.0 Å². The van der Waals surface area contributed by atoms with Crippen LogP contribution in [0.4, 0.5) is 0 Å². The van der Waals surface area contributed by atoms with Gasteiger partial charge in [0.05, 0.1) is 13.2 Å². The van der Waals surface area contributed by atoms with Crippen LogP contribution in [0.5, 0.6) is 0 Å². The third kappa shape index (κ3) is 3.92. The van der Waals surface area contributed by atoms with E-state index in [0.29, 0.717) is 21.2 Å². The number of rotatable bonds is 3. The fourth-order valence-electron chi connectivity index (χ4n) is 3.40. The van der Waals surface area contributed by atoms with Crippen molar-refractivity contribution in [2.75, 3.05) is 13.2 Å². The molecule has 28 heavy (non-hydrogen) atoms. The molecule has 2 aromatic rings. The highest BCUT2D eigenvalue weighted by atomic mass is 35.5. The molecule has 0 aromatic heterocycles. The van der Waals surface area contributed by atoms with Crippen LogP contribution in [-0.2, 0) is 18.9 Å². The van der Waals surface area contributed by atoms with E-state index in [-0.39, 0.29) is 6.61 Å². The third-order valence-electron chi connectivity index (χ3n) is 4.87. The molecule has 0 radical (unpaired) electrons. The Morgan fingerprint density at radius 3 is 2.07 bits per heavy atom. The molecular weight excluding hydrogens is 407 g/mol. The van der Waals surface area contributed by atoms with Crippen LogP contribution >= 0.6 is 23.2 Å². The summed E-state index contributed by atoms with van der Waals surface area (Å²) in [6, 6.07) is 14.3. The molecule has 2 heterocycles. The molecule has 2 aromatic carbocycles. The summed E-state index contributed by atoms with van der Waals surface area (Å²) in [4.78, 5) is 0. The van der Waals surface area contributed by atoms with Crippen molar-refractivity contribution in [3.8, 4) is 0 Å². The van der Waals surface area contributed by atoms with E-state index < -0.39 is 43.6 Å². The van der Waals surface area contributed by atoms with E-state index in [1.54, 1.807) is 30.3 Å². The number of ether oxygens (including phenoxy) is 4. The number of hydrogen-bond acceptors (Lipinski definition) is 6. The van der Waals surface area contributed by atoms with Crippen LogP contribution in [0.3, 0.4) is 0 Å². The van der Waals surface area contributed by atoms with Crippen LogP contribution in [0.25, 0.3) is 0 Å². The molecule has 2 aliphatic rings. The number of benzene rings is 2. The first-order valence-corrected chi connectivity index (χ1v) is 9.70. The molecule has 0 spiro atoms. The zero-order valence-corrected chi connectivity index (χ0v) is 16.3. The molecule has 2 aliphatic heterocycles. The Labute approximate surface area is 172 Å². The Morgan fingerprint density at radius 2 is 1.46 bits per heavy atom. The van der Waals surface area contributed by atoms with Crippen LogP contribution in [0.15, 0.2) is 48.5 Å². The fourth-order valence-corrected chi connectivity index (χ4v) is 3.85. The molecule has 2 unspecified atom stereocenters. The summed E-state index contributed by atoms with van der Waals surface area (Å²) in [6.07, 6.45) is -5.08. The molecule has 0 amide bonds. The zero-order valence-electron chi connectivity index (χ0n) is 14.8. The highest BCUT2D eigenvalue weighted by Crippen LogP contribution is 2.39. The normalized spacial score (nSPS) is 33.1. The first kappa shape index (κ1) is 20.1. The van der Waals surface area contributed by atoms with E-state index in [1.165, 1.54) is 0 Å². The molecule has 2 N–H and O–H groups in total. The first-order chi connectivity index (χ1) is 13.6. The zero-order chi connectivity index (χ0) is 19.7. The van der Waals surface area contributed by atoms with Gasteiger partial charge in [0.25, 0.3) is 0 Å². The lowest BCUT2D eigenvalue weighted by Crippen LogP contribution is -2.51. The highest BCUT2D eigenvalue weighted by Gasteiger charge is 2.46. The van der Waals surface area contributed by atoms with E-state index in [9.17, 15) is 10.2 Å². The van der Waals surface area contributed by atoms with Gasteiger partial charge < -0.3 is 29.2 Å². The fraction of sp³-hybridized carbons (Fsp3) is 0.400. The van der Waals surface area contributed by atoms with Gasteiger partial charge in [-0.05, 0) is 12.1 Å². The van der Waals surface area contributed by atoms with Crippen molar-refractivity contribution in [3.05, 3.63) is 69.7 Å². The maximum atomic E-state index is 10.8. The van der Waals surface area contributed by atoms with Crippen molar-refractivity contribution < 1.29 is 29.2 Å². The molecule has 6 nitrogen and oxygen atoms in total. The van der Waals surface area contributed by atoms with Gasteiger partial charge in [0.2, 0.25) is 0 Å². The van der Waals surface area contributed by atoms with Gasteiger partial charge in [-0.1, -0.05) is 59.6 Å². The second-order valence-electron chi connectivity index (χ2n) is 6.66. The second-order valence-corrected chi connectivity index (χ2v) is 7.48. The monoisotopic (exact) mass is 426 g/mol. The predicted octanol–water partition coefficient (Wildman–Crippen LogP) is 3.24. The summed E-state index contributed by atoms with van der Waals surface area (Å²) in [7, 11) is 0. The molecule has 4 rings (SSSR count). The molecule has 8 heteroatoms. The number of halogens is 2. The average molecular weight is 427 g/mol. The van der Waals surface area contributed by atoms with Crippen molar-refractivity contribution in [2.24, 2.45) is 0 Å². The lowest BCUT2D eigenvalue weighted by atomic mass is 10.0. The summed E-state index contributed by atoms with van der Waals surface area (Å²) in [5.74, 6) is 0. The summed E-state index contributed by atoms with van der Waals surface area (Å²) in [6.45, 7) is -0.254. The van der Waals surface area contributed by atoms with Gasteiger partial charge in [-0.25, -0.2) is 0 Å². The highest BCUT2D eigenvalue weighted by molar-refractivity contribution is 6.31.